The first kappa shape index (κ1) is 18.8. The van der Waals surface area contributed by atoms with Crippen LogP contribution in [-0.2, 0) is 22.6 Å². The summed E-state index contributed by atoms with van der Waals surface area (Å²) >= 11 is 1.69. The normalized spacial score (nSPS) is 16.1. The van der Waals surface area contributed by atoms with Crippen LogP contribution in [0.2, 0.25) is 0 Å². The molecule has 2 aromatic rings. The summed E-state index contributed by atoms with van der Waals surface area (Å²) in [5, 5.41) is 2.93. The Hall–Kier alpha value is -2.53. The van der Waals surface area contributed by atoms with Gasteiger partial charge in [0.05, 0.1) is 0 Å². The van der Waals surface area contributed by atoms with Gasteiger partial charge in [-0.25, -0.2) is 0 Å². The number of nitrogens with zero attached hydrogens (tertiary/aromatic N) is 1. The van der Waals surface area contributed by atoms with E-state index in [1.54, 1.807) is 17.8 Å². The predicted molar refractivity (Wildman–Crippen MR) is 114 cm³/mol. The zero-order valence-corrected chi connectivity index (χ0v) is 16.8. The van der Waals surface area contributed by atoms with E-state index in [4.69, 9.17) is 0 Å². The largest absolute Gasteiger partial charge is 0.338 e. The quantitative estimate of drug-likeness (QED) is 0.608. The van der Waals surface area contributed by atoms with E-state index < -0.39 is 0 Å². The van der Waals surface area contributed by atoms with Crippen LogP contribution in [-0.4, -0.2) is 29.5 Å². The second kappa shape index (κ2) is 8.23. The van der Waals surface area contributed by atoms with Crippen molar-refractivity contribution in [1.29, 1.82) is 0 Å². The molecule has 144 valence electrons. The number of carbonyl (C=O) groups is 2. The van der Waals surface area contributed by atoms with Crippen molar-refractivity contribution in [2.24, 2.45) is 5.92 Å². The first-order chi connectivity index (χ1) is 13.6. The molecule has 0 aromatic heterocycles. The van der Waals surface area contributed by atoms with Crippen LogP contribution in [0, 0.1) is 5.92 Å². The highest BCUT2D eigenvalue weighted by atomic mass is 32.2. The Bertz CT molecular complexity index is 917. The van der Waals surface area contributed by atoms with Crippen LogP contribution < -0.4 is 5.32 Å². The highest BCUT2D eigenvalue weighted by Gasteiger charge is 2.34. The number of nitrogens with one attached hydrogen (secondary N) is 1. The third-order valence-corrected chi connectivity index (χ3v) is 6.01. The standard InChI is InChI=1S/C23H24N2O2S/c1-28-21-9-2-16(3-10-21)4-11-22(26)24-20-8-7-17-12-13-25(15-19(17)14-20)23(27)18-5-6-18/h2-4,7-11,14,18H,5-6,12-13,15H2,1H3,(H,24,26)/b11-4+. The Morgan fingerprint density at radius 2 is 1.89 bits per heavy atom. The third-order valence-electron chi connectivity index (χ3n) is 5.27. The fourth-order valence-corrected chi connectivity index (χ4v) is 3.89. The molecule has 0 bridgehead atoms. The van der Waals surface area contributed by atoms with Crippen LogP contribution in [0.1, 0.15) is 29.5 Å². The number of hydrogen-bond donors (Lipinski definition) is 1. The van der Waals surface area contributed by atoms with Crippen molar-refractivity contribution in [3.8, 4) is 0 Å². The third kappa shape index (κ3) is 4.47. The Balaban J connectivity index is 1.39. The molecule has 1 N–H and O–H groups in total. The summed E-state index contributed by atoms with van der Waals surface area (Å²) < 4.78 is 0. The lowest BCUT2D eigenvalue weighted by Gasteiger charge is -2.29. The van der Waals surface area contributed by atoms with Gasteiger partial charge in [0, 0.05) is 35.7 Å². The van der Waals surface area contributed by atoms with E-state index in [-0.39, 0.29) is 17.7 Å². The summed E-state index contributed by atoms with van der Waals surface area (Å²) in [6.45, 7) is 1.44. The number of fused-ring (bicyclic) bond motifs is 1. The summed E-state index contributed by atoms with van der Waals surface area (Å²) in [6.07, 6.45) is 8.35. The highest BCUT2D eigenvalue weighted by molar-refractivity contribution is 7.98. The maximum Gasteiger partial charge on any atom is 0.248 e. The maximum atomic E-state index is 12.3. The van der Waals surface area contributed by atoms with Gasteiger partial charge in [-0.2, -0.15) is 0 Å². The zero-order chi connectivity index (χ0) is 19.5. The van der Waals surface area contributed by atoms with Gasteiger partial charge >= 0.3 is 0 Å². The van der Waals surface area contributed by atoms with Gasteiger partial charge < -0.3 is 10.2 Å². The molecule has 0 radical (unpaired) electrons. The van der Waals surface area contributed by atoms with Crippen LogP contribution in [0.25, 0.3) is 6.08 Å². The average Bonchev–Trinajstić information content (AvgIpc) is 3.57. The number of benzene rings is 2. The minimum Gasteiger partial charge on any atom is -0.338 e. The monoisotopic (exact) mass is 392 g/mol. The fraction of sp³-hybridized carbons (Fsp3) is 0.304. The zero-order valence-electron chi connectivity index (χ0n) is 16.0. The van der Waals surface area contributed by atoms with Crippen molar-refractivity contribution in [2.45, 2.75) is 30.7 Å². The van der Waals surface area contributed by atoms with Gasteiger partial charge in [-0.05, 0) is 72.6 Å². The molecular weight excluding hydrogens is 368 g/mol. The number of anilines is 1. The van der Waals surface area contributed by atoms with Gasteiger partial charge in [0.25, 0.3) is 0 Å². The molecule has 1 aliphatic carbocycles. The van der Waals surface area contributed by atoms with E-state index in [1.165, 1.54) is 10.5 Å². The lowest BCUT2D eigenvalue weighted by atomic mass is 9.98. The molecule has 0 unspecified atom stereocenters. The van der Waals surface area contributed by atoms with Crippen molar-refractivity contribution < 1.29 is 9.59 Å². The molecular formula is C23H24N2O2S. The molecule has 1 saturated carbocycles. The Morgan fingerprint density at radius 1 is 1.11 bits per heavy atom. The fourth-order valence-electron chi connectivity index (χ4n) is 3.48. The van der Waals surface area contributed by atoms with Gasteiger partial charge in [-0.3, -0.25) is 9.59 Å². The Morgan fingerprint density at radius 3 is 2.61 bits per heavy atom. The van der Waals surface area contributed by atoms with Crippen molar-refractivity contribution in [3.05, 3.63) is 65.2 Å². The van der Waals surface area contributed by atoms with E-state index in [0.717, 1.165) is 42.6 Å². The Kier molecular flexibility index (Phi) is 5.53. The van der Waals surface area contributed by atoms with E-state index in [0.29, 0.717) is 6.54 Å². The molecule has 4 nitrogen and oxygen atoms in total. The van der Waals surface area contributed by atoms with Crippen molar-refractivity contribution in [2.75, 3.05) is 18.1 Å². The highest BCUT2D eigenvalue weighted by Crippen LogP contribution is 2.33. The summed E-state index contributed by atoms with van der Waals surface area (Å²) in [5.41, 5.74) is 4.16. The number of hydrogen-bond acceptors (Lipinski definition) is 3. The second-order valence-electron chi connectivity index (χ2n) is 7.36. The van der Waals surface area contributed by atoms with Gasteiger partial charge in [0.15, 0.2) is 0 Å². The number of carbonyl (C=O) groups excluding carboxylic acids is 2. The number of thioether (sulfide) groups is 1. The predicted octanol–water partition coefficient (Wildman–Crippen LogP) is 4.36. The molecule has 2 aliphatic rings. The Labute approximate surface area is 170 Å². The molecule has 28 heavy (non-hydrogen) atoms. The first-order valence-electron chi connectivity index (χ1n) is 9.66. The van der Waals surface area contributed by atoms with Gasteiger partial charge in [0.2, 0.25) is 11.8 Å². The minimum atomic E-state index is -0.157. The number of amides is 2. The molecule has 1 fully saturated rings. The second-order valence-corrected chi connectivity index (χ2v) is 8.24. The van der Waals surface area contributed by atoms with E-state index >= 15 is 0 Å². The smallest absolute Gasteiger partial charge is 0.248 e. The SMILES string of the molecule is CSc1ccc(/C=C/C(=O)Nc2ccc3c(c2)CN(C(=O)C2CC2)CC3)cc1. The maximum absolute atomic E-state index is 12.3. The molecule has 4 rings (SSSR count). The van der Waals surface area contributed by atoms with Gasteiger partial charge in [-0.1, -0.05) is 18.2 Å². The number of rotatable bonds is 5. The van der Waals surface area contributed by atoms with Crippen LogP contribution >= 0.6 is 11.8 Å². The molecule has 0 saturated heterocycles. The lowest BCUT2D eigenvalue weighted by Crippen LogP contribution is -2.36. The molecule has 2 aromatic carbocycles. The van der Waals surface area contributed by atoms with Crippen molar-refractivity contribution >= 4 is 35.3 Å². The first-order valence-corrected chi connectivity index (χ1v) is 10.9. The van der Waals surface area contributed by atoms with Crippen LogP contribution in [0.3, 0.4) is 0 Å². The van der Waals surface area contributed by atoms with Crippen molar-refractivity contribution in [3.63, 3.8) is 0 Å². The molecule has 1 aliphatic heterocycles. The summed E-state index contributed by atoms with van der Waals surface area (Å²) in [6, 6.07) is 14.1. The van der Waals surface area contributed by atoms with Gasteiger partial charge in [-0.15, -0.1) is 11.8 Å². The van der Waals surface area contributed by atoms with Crippen LogP contribution in [0.4, 0.5) is 5.69 Å². The van der Waals surface area contributed by atoms with Crippen molar-refractivity contribution in [1.82, 2.24) is 4.90 Å². The van der Waals surface area contributed by atoms with E-state index in [9.17, 15) is 9.59 Å². The van der Waals surface area contributed by atoms with Gasteiger partial charge in [0.1, 0.15) is 0 Å². The molecule has 5 heteroatoms. The van der Waals surface area contributed by atoms with E-state index in [2.05, 4.69) is 11.4 Å². The summed E-state index contributed by atoms with van der Waals surface area (Å²) in [4.78, 5) is 27.8. The molecule has 0 atom stereocenters. The topological polar surface area (TPSA) is 49.4 Å². The lowest BCUT2D eigenvalue weighted by molar-refractivity contribution is -0.133. The van der Waals surface area contributed by atoms with E-state index in [1.807, 2.05) is 53.6 Å². The molecule has 1 heterocycles. The summed E-state index contributed by atoms with van der Waals surface area (Å²) in [5.74, 6) is 0.380. The minimum absolute atomic E-state index is 0.157. The molecule has 2 amide bonds. The molecule has 0 spiro atoms. The average molecular weight is 393 g/mol. The summed E-state index contributed by atoms with van der Waals surface area (Å²) in [7, 11) is 0. The van der Waals surface area contributed by atoms with Crippen LogP contribution in [0.5, 0.6) is 0 Å². The van der Waals surface area contributed by atoms with Crippen LogP contribution in [0.15, 0.2) is 53.4 Å².